The van der Waals surface area contributed by atoms with Crippen LogP contribution in [0.4, 0.5) is 0 Å². The van der Waals surface area contributed by atoms with Crippen LogP contribution in [-0.2, 0) is 27.4 Å². The number of carbonyl (C=O) groups excluding carboxylic acids is 3. The number of esters is 1. The van der Waals surface area contributed by atoms with Gasteiger partial charge in [-0.3, -0.25) is 19.2 Å². The Bertz CT molecular complexity index is 1190. The van der Waals surface area contributed by atoms with Crippen LogP contribution >= 0.6 is 0 Å². The van der Waals surface area contributed by atoms with Gasteiger partial charge in [0.15, 0.2) is 12.3 Å². The van der Waals surface area contributed by atoms with Gasteiger partial charge in [-0.05, 0) is 24.1 Å². The number of ether oxygens (including phenoxy) is 1. The topological polar surface area (TPSA) is 133 Å². The van der Waals surface area contributed by atoms with Gasteiger partial charge in [0, 0.05) is 11.9 Å². The van der Waals surface area contributed by atoms with E-state index in [0.717, 1.165) is 15.8 Å². The van der Waals surface area contributed by atoms with Gasteiger partial charge in [0.25, 0.3) is 17.4 Å². The van der Waals surface area contributed by atoms with E-state index in [0.29, 0.717) is 11.9 Å². The molecule has 9 heteroatoms. The van der Waals surface area contributed by atoms with E-state index in [1.165, 1.54) is 6.07 Å². The molecule has 0 aliphatic heterocycles. The number of benzene rings is 2. The summed E-state index contributed by atoms with van der Waals surface area (Å²) in [4.78, 5) is 48.2. The average Bonchev–Trinajstić information content (AvgIpc) is 2.73. The highest BCUT2D eigenvalue weighted by Crippen LogP contribution is 2.12. The molecule has 0 saturated heterocycles. The van der Waals surface area contributed by atoms with E-state index in [2.05, 4.69) is 10.4 Å². The Kier molecular flexibility index (Phi) is 6.21. The van der Waals surface area contributed by atoms with Crippen LogP contribution in [0.2, 0.25) is 0 Å². The van der Waals surface area contributed by atoms with Crippen molar-refractivity contribution in [3.8, 4) is 0 Å². The molecule has 0 fully saturated rings. The first kappa shape index (κ1) is 20.7. The number of nitrogens with one attached hydrogen (secondary N) is 1. The van der Waals surface area contributed by atoms with Crippen LogP contribution in [-0.4, -0.2) is 34.2 Å². The van der Waals surface area contributed by atoms with Gasteiger partial charge in [-0.2, -0.15) is 5.10 Å². The first-order chi connectivity index (χ1) is 14.4. The zero-order valence-corrected chi connectivity index (χ0v) is 16.3. The molecule has 2 amide bonds. The van der Waals surface area contributed by atoms with Crippen molar-refractivity contribution in [2.75, 3.05) is 6.61 Å². The first-order valence-corrected chi connectivity index (χ1v) is 9.13. The molecule has 1 aromatic heterocycles. The van der Waals surface area contributed by atoms with Crippen molar-refractivity contribution in [3.05, 3.63) is 75.7 Å². The summed E-state index contributed by atoms with van der Waals surface area (Å²) < 4.78 is 5.73. The molecule has 2 aromatic carbocycles. The summed E-state index contributed by atoms with van der Waals surface area (Å²) in [5.41, 5.74) is 6.61. The third-order valence-electron chi connectivity index (χ3n) is 4.48. The van der Waals surface area contributed by atoms with Crippen LogP contribution in [0.3, 0.4) is 0 Å². The molecule has 9 nitrogen and oxygen atoms in total. The third-order valence-corrected chi connectivity index (χ3v) is 4.48. The number of hydrogen-bond acceptors (Lipinski definition) is 6. The highest BCUT2D eigenvalue weighted by Gasteiger charge is 2.17. The predicted molar refractivity (Wildman–Crippen MR) is 109 cm³/mol. The van der Waals surface area contributed by atoms with Crippen molar-refractivity contribution in [1.29, 1.82) is 0 Å². The SMILES string of the molecule is Cc1ccccc1CNC(=O)COC(=O)Cn1nc(C(N)=O)c2ccccc2c1=O. The zero-order valence-electron chi connectivity index (χ0n) is 16.3. The molecule has 154 valence electrons. The number of aryl methyl sites for hydroxylation is 1. The summed E-state index contributed by atoms with van der Waals surface area (Å²) in [7, 11) is 0. The van der Waals surface area contributed by atoms with Crippen molar-refractivity contribution in [1.82, 2.24) is 15.1 Å². The molecule has 1 heterocycles. The fraction of sp³-hybridized carbons (Fsp3) is 0.190. The molecule has 0 saturated carbocycles. The van der Waals surface area contributed by atoms with Gasteiger partial charge in [-0.15, -0.1) is 0 Å². The fourth-order valence-corrected chi connectivity index (χ4v) is 2.89. The number of fused-ring (bicyclic) bond motifs is 1. The molecular formula is C21H20N4O5. The molecule has 30 heavy (non-hydrogen) atoms. The molecule has 3 aromatic rings. The Morgan fingerprint density at radius 1 is 1.07 bits per heavy atom. The lowest BCUT2D eigenvalue weighted by molar-refractivity contribution is -0.149. The van der Waals surface area contributed by atoms with Crippen LogP contribution in [0.15, 0.2) is 53.3 Å². The van der Waals surface area contributed by atoms with Gasteiger partial charge in [-0.1, -0.05) is 42.5 Å². The minimum atomic E-state index is -0.846. The van der Waals surface area contributed by atoms with Crippen molar-refractivity contribution in [3.63, 3.8) is 0 Å². The number of hydrogen-bond donors (Lipinski definition) is 2. The largest absolute Gasteiger partial charge is 0.454 e. The minimum Gasteiger partial charge on any atom is -0.454 e. The van der Waals surface area contributed by atoms with Crippen LogP contribution in [0, 0.1) is 6.92 Å². The Morgan fingerprint density at radius 2 is 1.73 bits per heavy atom. The molecule has 3 rings (SSSR count). The van der Waals surface area contributed by atoms with E-state index in [1.807, 2.05) is 31.2 Å². The lowest BCUT2D eigenvalue weighted by atomic mass is 10.1. The summed E-state index contributed by atoms with van der Waals surface area (Å²) in [6, 6.07) is 13.9. The van der Waals surface area contributed by atoms with Gasteiger partial charge < -0.3 is 15.8 Å². The van der Waals surface area contributed by atoms with Gasteiger partial charge in [0.05, 0.1) is 5.39 Å². The summed E-state index contributed by atoms with van der Waals surface area (Å²) >= 11 is 0. The Morgan fingerprint density at radius 3 is 2.43 bits per heavy atom. The lowest BCUT2D eigenvalue weighted by Gasteiger charge is -2.10. The molecule has 3 N–H and O–H groups in total. The number of carbonyl (C=O) groups is 3. The van der Waals surface area contributed by atoms with Gasteiger partial charge in [0.1, 0.15) is 6.54 Å². The number of nitrogens with two attached hydrogens (primary N) is 1. The maximum Gasteiger partial charge on any atom is 0.328 e. The van der Waals surface area contributed by atoms with Crippen molar-refractivity contribution in [2.45, 2.75) is 20.0 Å². The second kappa shape index (κ2) is 8.99. The summed E-state index contributed by atoms with van der Waals surface area (Å²) in [5.74, 6) is -2.16. The highest BCUT2D eigenvalue weighted by molar-refractivity contribution is 6.04. The van der Waals surface area contributed by atoms with E-state index < -0.39 is 36.5 Å². The maximum atomic E-state index is 12.5. The Hall–Kier alpha value is -4.01. The van der Waals surface area contributed by atoms with Gasteiger partial charge in [0.2, 0.25) is 0 Å². The fourth-order valence-electron chi connectivity index (χ4n) is 2.89. The third kappa shape index (κ3) is 4.69. The average molecular weight is 408 g/mol. The second-order valence-corrected chi connectivity index (χ2v) is 6.59. The first-order valence-electron chi connectivity index (χ1n) is 9.13. The molecular weight excluding hydrogens is 388 g/mol. The van der Waals surface area contributed by atoms with E-state index in [1.54, 1.807) is 18.2 Å². The molecule has 0 atom stereocenters. The number of amides is 2. The van der Waals surface area contributed by atoms with Crippen LogP contribution < -0.4 is 16.6 Å². The number of rotatable bonds is 7. The number of primary amides is 1. The molecule has 0 aliphatic carbocycles. The maximum absolute atomic E-state index is 12.5. The van der Waals surface area contributed by atoms with Crippen molar-refractivity contribution < 1.29 is 19.1 Å². The second-order valence-electron chi connectivity index (χ2n) is 6.59. The summed E-state index contributed by atoms with van der Waals surface area (Å²) in [5, 5.41) is 7.04. The summed E-state index contributed by atoms with van der Waals surface area (Å²) in [6.07, 6.45) is 0. The molecule has 0 unspecified atom stereocenters. The van der Waals surface area contributed by atoms with Gasteiger partial charge >= 0.3 is 5.97 Å². The predicted octanol–water partition coefficient (Wildman–Crippen LogP) is 0.663. The molecule has 0 spiro atoms. The normalized spacial score (nSPS) is 10.6. The monoisotopic (exact) mass is 408 g/mol. The smallest absolute Gasteiger partial charge is 0.328 e. The molecule has 0 bridgehead atoms. The van der Waals surface area contributed by atoms with Crippen LogP contribution in [0.25, 0.3) is 10.8 Å². The molecule has 0 radical (unpaired) electrons. The Labute approximate surface area is 171 Å². The standard InChI is InChI=1S/C21H20N4O5/c1-13-6-2-3-7-14(13)10-23-17(26)12-30-18(27)11-25-21(29)16-9-5-4-8-15(16)19(24-25)20(22)28/h2-9H,10-12H2,1H3,(H2,22,28)(H,23,26). The minimum absolute atomic E-state index is 0.131. The molecule has 0 aliphatic rings. The van der Waals surface area contributed by atoms with E-state index in [-0.39, 0.29) is 11.1 Å². The van der Waals surface area contributed by atoms with Crippen LogP contribution in [0.1, 0.15) is 21.6 Å². The lowest BCUT2D eigenvalue weighted by Crippen LogP contribution is -2.33. The van der Waals surface area contributed by atoms with Gasteiger partial charge in [-0.25, -0.2) is 4.68 Å². The highest BCUT2D eigenvalue weighted by atomic mass is 16.5. The van der Waals surface area contributed by atoms with E-state index >= 15 is 0 Å². The van der Waals surface area contributed by atoms with E-state index in [9.17, 15) is 19.2 Å². The quantitative estimate of drug-likeness (QED) is 0.552. The van der Waals surface area contributed by atoms with Crippen molar-refractivity contribution >= 4 is 28.6 Å². The zero-order chi connectivity index (χ0) is 21.7. The van der Waals surface area contributed by atoms with Crippen LogP contribution in [0.5, 0.6) is 0 Å². The van der Waals surface area contributed by atoms with Crippen molar-refractivity contribution in [2.24, 2.45) is 5.73 Å². The number of nitrogens with zero attached hydrogens (tertiary/aromatic N) is 2. The number of aromatic nitrogens is 2. The summed E-state index contributed by atoms with van der Waals surface area (Å²) in [6.45, 7) is 1.16. The Balaban J connectivity index is 1.63. The van der Waals surface area contributed by atoms with E-state index in [4.69, 9.17) is 10.5 Å².